The fourth-order valence-electron chi connectivity index (χ4n) is 1.21. The Morgan fingerprint density at radius 2 is 2.07 bits per heavy atom. The third kappa shape index (κ3) is 2.14. The lowest BCUT2D eigenvalue weighted by Gasteiger charge is -2.13. The third-order valence-electron chi connectivity index (χ3n) is 2.01. The molecule has 0 heterocycles. The van der Waals surface area contributed by atoms with Gasteiger partial charge in [0.15, 0.2) is 0 Å². The van der Waals surface area contributed by atoms with Gasteiger partial charge in [-0.15, -0.1) is 0 Å². The molecule has 0 aliphatic carbocycles. The summed E-state index contributed by atoms with van der Waals surface area (Å²) < 4.78 is 22.5. The molecule has 1 aromatic carbocycles. The number of hydrogen-bond acceptors (Lipinski definition) is 3. The van der Waals surface area contributed by atoms with Gasteiger partial charge in [0.1, 0.15) is 18.2 Å². The van der Waals surface area contributed by atoms with Gasteiger partial charge in [0.2, 0.25) is 0 Å². The van der Waals surface area contributed by atoms with Crippen LogP contribution >= 0.6 is 0 Å². The van der Waals surface area contributed by atoms with Crippen molar-refractivity contribution in [2.45, 2.75) is 6.04 Å². The Morgan fingerprint density at radius 3 is 2.57 bits per heavy atom. The van der Waals surface area contributed by atoms with E-state index in [0.717, 1.165) is 0 Å². The highest BCUT2D eigenvalue weighted by atomic mass is 19.1. The Kier molecular flexibility index (Phi) is 3.71. The van der Waals surface area contributed by atoms with Crippen LogP contribution in [0.2, 0.25) is 0 Å². The molecule has 4 heteroatoms. The molecule has 0 bridgehead atoms. The van der Waals surface area contributed by atoms with Crippen LogP contribution in [0.3, 0.4) is 0 Å². The summed E-state index contributed by atoms with van der Waals surface area (Å²) in [4.78, 5) is 0. The summed E-state index contributed by atoms with van der Waals surface area (Å²) in [6.45, 7) is -0.608. The molecular formula is C10H14FNO2. The van der Waals surface area contributed by atoms with Crippen LogP contribution in [0.25, 0.3) is 0 Å². The molecule has 0 aromatic heterocycles. The standard InChI is InChI=1S/C10H14FNO2/c1-13-7-3-4-8(9(12)6-11)10(5-7)14-2/h3-5,9H,6,12H2,1-2H3. The smallest absolute Gasteiger partial charge is 0.127 e. The van der Waals surface area contributed by atoms with Gasteiger partial charge in [-0.25, -0.2) is 4.39 Å². The summed E-state index contributed by atoms with van der Waals surface area (Å²) >= 11 is 0. The molecule has 0 aliphatic heterocycles. The second-order valence-corrected chi connectivity index (χ2v) is 2.87. The highest BCUT2D eigenvalue weighted by molar-refractivity contribution is 5.42. The molecule has 14 heavy (non-hydrogen) atoms. The lowest BCUT2D eigenvalue weighted by molar-refractivity contribution is 0.378. The molecule has 0 radical (unpaired) electrons. The number of ether oxygens (including phenoxy) is 2. The van der Waals surface area contributed by atoms with E-state index in [2.05, 4.69) is 0 Å². The quantitative estimate of drug-likeness (QED) is 0.802. The Hall–Kier alpha value is -1.29. The first-order valence-electron chi connectivity index (χ1n) is 4.26. The predicted octanol–water partition coefficient (Wildman–Crippen LogP) is 1.67. The molecule has 0 fully saturated rings. The van der Waals surface area contributed by atoms with E-state index in [4.69, 9.17) is 15.2 Å². The van der Waals surface area contributed by atoms with E-state index < -0.39 is 12.7 Å². The second kappa shape index (κ2) is 4.81. The maximum absolute atomic E-state index is 12.4. The summed E-state index contributed by atoms with van der Waals surface area (Å²) in [5.41, 5.74) is 6.22. The molecule has 1 atom stereocenters. The van der Waals surface area contributed by atoms with Crippen LogP contribution < -0.4 is 15.2 Å². The van der Waals surface area contributed by atoms with Crippen molar-refractivity contribution in [3.8, 4) is 11.5 Å². The van der Waals surface area contributed by atoms with Crippen molar-refractivity contribution < 1.29 is 13.9 Å². The maximum atomic E-state index is 12.4. The van der Waals surface area contributed by atoms with E-state index in [1.54, 1.807) is 25.3 Å². The van der Waals surface area contributed by atoms with Crippen molar-refractivity contribution in [3.05, 3.63) is 23.8 Å². The van der Waals surface area contributed by atoms with Gasteiger partial charge in [0.05, 0.1) is 20.3 Å². The van der Waals surface area contributed by atoms with Crippen LogP contribution in [0.4, 0.5) is 4.39 Å². The van der Waals surface area contributed by atoms with Gasteiger partial charge in [-0.3, -0.25) is 0 Å². The molecule has 1 unspecified atom stereocenters. The summed E-state index contributed by atoms with van der Waals surface area (Å²) in [5, 5.41) is 0. The fourth-order valence-corrected chi connectivity index (χ4v) is 1.21. The Bertz CT molecular complexity index is 304. The van der Waals surface area contributed by atoms with Gasteiger partial charge in [0.25, 0.3) is 0 Å². The van der Waals surface area contributed by atoms with Crippen molar-refractivity contribution in [1.82, 2.24) is 0 Å². The largest absolute Gasteiger partial charge is 0.497 e. The number of benzene rings is 1. The second-order valence-electron chi connectivity index (χ2n) is 2.87. The van der Waals surface area contributed by atoms with E-state index in [-0.39, 0.29) is 0 Å². The van der Waals surface area contributed by atoms with Crippen LogP contribution in [-0.4, -0.2) is 20.9 Å². The first kappa shape index (κ1) is 10.8. The van der Waals surface area contributed by atoms with E-state index in [1.165, 1.54) is 7.11 Å². The lowest BCUT2D eigenvalue weighted by atomic mass is 10.1. The highest BCUT2D eigenvalue weighted by Crippen LogP contribution is 2.28. The molecule has 1 aromatic rings. The van der Waals surface area contributed by atoms with Gasteiger partial charge in [-0.2, -0.15) is 0 Å². The van der Waals surface area contributed by atoms with Gasteiger partial charge >= 0.3 is 0 Å². The van der Waals surface area contributed by atoms with Gasteiger partial charge in [-0.05, 0) is 12.1 Å². The summed E-state index contributed by atoms with van der Waals surface area (Å²) in [6.07, 6.45) is 0. The van der Waals surface area contributed by atoms with Crippen molar-refractivity contribution in [2.24, 2.45) is 5.73 Å². The molecule has 78 valence electrons. The summed E-state index contributed by atoms with van der Waals surface area (Å²) in [5.74, 6) is 1.21. The third-order valence-corrected chi connectivity index (χ3v) is 2.01. The number of hydrogen-bond donors (Lipinski definition) is 1. The SMILES string of the molecule is COc1ccc(C(N)CF)c(OC)c1. The van der Waals surface area contributed by atoms with Crippen molar-refractivity contribution in [1.29, 1.82) is 0 Å². The molecule has 0 aliphatic rings. The zero-order chi connectivity index (χ0) is 10.6. The molecular weight excluding hydrogens is 185 g/mol. The molecule has 0 saturated heterocycles. The number of halogens is 1. The minimum atomic E-state index is -0.643. The maximum Gasteiger partial charge on any atom is 0.127 e. The van der Waals surface area contributed by atoms with Crippen LogP contribution in [0.1, 0.15) is 11.6 Å². The predicted molar refractivity (Wildman–Crippen MR) is 52.4 cm³/mol. The number of methoxy groups -OCH3 is 2. The van der Waals surface area contributed by atoms with Crippen LogP contribution in [0.5, 0.6) is 11.5 Å². The molecule has 0 spiro atoms. The minimum absolute atomic E-state index is 0.550. The summed E-state index contributed by atoms with van der Waals surface area (Å²) in [7, 11) is 3.08. The normalized spacial score (nSPS) is 12.3. The fraction of sp³-hybridized carbons (Fsp3) is 0.400. The van der Waals surface area contributed by atoms with Gasteiger partial charge < -0.3 is 15.2 Å². The van der Waals surface area contributed by atoms with Gasteiger partial charge in [-0.1, -0.05) is 0 Å². The van der Waals surface area contributed by atoms with Crippen molar-refractivity contribution >= 4 is 0 Å². The zero-order valence-corrected chi connectivity index (χ0v) is 8.29. The summed E-state index contributed by atoms with van der Waals surface area (Å²) in [6, 6.07) is 4.48. The van der Waals surface area contributed by atoms with E-state index in [9.17, 15) is 4.39 Å². The Morgan fingerprint density at radius 1 is 1.36 bits per heavy atom. The van der Waals surface area contributed by atoms with E-state index in [1.807, 2.05) is 0 Å². The number of alkyl halides is 1. The average Bonchev–Trinajstić information content (AvgIpc) is 2.27. The van der Waals surface area contributed by atoms with Crippen molar-refractivity contribution in [3.63, 3.8) is 0 Å². The minimum Gasteiger partial charge on any atom is -0.497 e. The first-order valence-corrected chi connectivity index (χ1v) is 4.26. The lowest BCUT2D eigenvalue weighted by Crippen LogP contribution is -2.13. The molecule has 2 N–H and O–H groups in total. The van der Waals surface area contributed by atoms with E-state index >= 15 is 0 Å². The molecule has 3 nitrogen and oxygen atoms in total. The van der Waals surface area contributed by atoms with Gasteiger partial charge in [0, 0.05) is 11.6 Å². The van der Waals surface area contributed by atoms with E-state index in [0.29, 0.717) is 17.1 Å². The van der Waals surface area contributed by atoms with Crippen LogP contribution in [0.15, 0.2) is 18.2 Å². The first-order chi connectivity index (χ1) is 6.72. The molecule has 1 rings (SSSR count). The highest BCUT2D eigenvalue weighted by Gasteiger charge is 2.12. The van der Waals surface area contributed by atoms with Crippen LogP contribution in [0, 0.1) is 0 Å². The monoisotopic (exact) mass is 199 g/mol. The van der Waals surface area contributed by atoms with Crippen molar-refractivity contribution in [2.75, 3.05) is 20.9 Å². The number of rotatable bonds is 4. The molecule has 0 amide bonds. The Balaban J connectivity index is 3.04. The van der Waals surface area contributed by atoms with Crippen LogP contribution in [-0.2, 0) is 0 Å². The number of nitrogens with two attached hydrogens (primary N) is 1. The average molecular weight is 199 g/mol. The topological polar surface area (TPSA) is 44.5 Å². The zero-order valence-electron chi connectivity index (χ0n) is 8.29. The molecule has 0 saturated carbocycles. The Labute approximate surface area is 82.6 Å².